The van der Waals surface area contributed by atoms with Gasteiger partial charge < -0.3 is 9.63 Å². The standard InChI is InChI=1S/C8H10N4O2/c1-5-6(4-9-11-5)8-10-7(2-3-13)12-14-8/h4,13H,2-3H2,1H3,(H,9,11). The van der Waals surface area contributed by atoms with E-state index in [4.69, 9.17) is 9.63 Å². The highest BCUT2D eigenvalue weighted by atomic mass is 16.5. The van der Waals surface area contributed by atoms with Crippen LogP contribution in [0.15, 0.2) is 10.7 Å². The Morgan fingerprint density at radius 2 is 2.43 bits per heavy atom. The van der Waals surface area contributed by atoms with E-state index in [1.54, 1.807) is 6.20 Å². The van der Waals surface area contributed by atoms with Gasteiger partial charge in [-0.1, -0.05) is 5.16 Å². The second-order valence-corrected chi connectivity index (χ2v) is 2.90. The fraction of sp³-hybridized carbons (Fsp3) is 0.375. The monoisotopic (exact) mass is 194 g/mol. The summed E-state index contributed by atoms with van der Waals surface area (Å²) in [7, 11) is 0. The first-order chi connectivity index (χ1) is 6.81. The lowest BCUT2D eigenvalue weighted by atomic mass is 10.3. The number of nitrogens with zero attached hydrogens (tertiary/aromatic N) is 3. The van der Waals surface area contributed by atoms with Crippen LogP contribution < -0.4 is 0 Å². The van der Waals surface area contributed by atoms with E-state index in [0.717, 1.165) is 11.3 Å². The maximum atomic E-state index is 8.67. The number of aliphatic hydroxyl groups excluding tert-OH is 1. The highest BCUT2D eigenvalue weighted by Gasteiger charge is 2.11. The van der Waals surface area contributed by atoms with Crippen LogP contribution in [-0.4, -0.2) is 32.1 Å². The molecule has 0 unspecified atom stereocenters. The molecule has 0 bridgehead atoms. The third-order valence-corrected chi connectivity index (χ3v) is 1.86. The number of aromatic nitrogens is 4. The Morgan fingerprint density at radius 1 is 1.57 bits per heavy atom. The van der Waals surface area contributed by atoms with Crippen molar-refractivity contribution in [2.45, 2.75) is 13.3 Å². The Bertz CT molecular complexity index is 420. The number of nitrogens with one attached hydrogen (secondary N) is 1. The van der Waals surface area contributed by atoms with E-state index in [0.29, 0.717) is 18.1 Å². The third kappa shape index (κ3) is 1.51. The Labute approximate surface area is 80.0 Å². The van der Waals surface area contributed by atoms with Gasteiger partial charge in [-0.05, 0) is 6.92 Å². The van der Waals surface area contributed by atoms with Crippen LogP contribution in [0.4, 0.5) is 0 Å². The number of H-pyrrole nitrogens is 1. The SMILES string of the molecule is Cc1[nH]ncc1-c1nc(CCO)no1. The number of hydrogen-bond acceptors (Lipinski definition) is 5. The van der Waals surface area contributed by atoms with Gasteiger partial charge in [-0.3, -0.25) is 5.10 Å². The maximum Gasteiger partial charge on any atom is 0.261 e. The van der Waals surface area contributed by atoms with Crippen molar-refractivity contribution in [3.8, 4) is 11.5 Å². The molecule has 6 heteroatoms. The molecule has 0 aromatic carbocycles. The predicted octanol–water partition coefficient (Wildman–Crippen LogP) is 0.303. The average molecular weight is 194 g/mol. The smallest absolute Gasteiger partial charge is 0.261 e. The average Bonchev–Trinajstić information content (AvgIpc) is 2.74. The van der Waals surface area contributed by atoms with E-state index < -0.39 is 0 Å². The summed E-state index contributed by atoms with van der Waals surface area (Å²) in [5.41, 5.74) is 1.67. The first-order valence-electron chi connectivity index (χ1n) is 4.25. The zero-order valence-corrected chi connectivity index (χ0v) is 7.69. The van der Waals surface area contributed by atoms with E-state index in [-0.39, 0.29) is 6.61 Å². The quantitative estimate of drug-likeness (QED) is 0.733. The van der Waals surface area contributed by atoms with Crippen LogP contribution in [0.1, 0.15) is 11.5 Å². The lowest BCUT2D eigenvalue weighted by molar-refractivity contribution is 0.293. The van der Waals surface area contributed by atoms with E-state index in [2.05, 4.69) is 20.3 Å². The molecule has 0 saturated carbocycles. The number of aromatic amines is 1. The first-order valence-corrected chi connectivity index (χ1v) is 4.25. The van der Waals surface area contributed by atoms with Crippen molar-refractivity contribution in [1.82, 2.24) is 20.3 Å². The summed E-state index contributed by atoms with van der Waals surface area (Å²) in [6.07, 6.45) is 2.03. The minimum atomic E-state index is 0.0172. The Morgan fingerprint density at radius 3 is 3.07 bits per heavy atom. The molecule has 2 aromatic rings. The van der Waals surface area contributed by atoms with Crippen LogP contribution in [0.3, 0.4) is 0 Å². The molecule has 2 N–H and O–H groups in total. The fourth-order valence-corrected chi connectivity index (χ4v) is 1.13. The first kappa shape index (κ1) is 8.89. The Balaban J connectivity index is 2.29. The Hall–Kier alpha value is -1.69. The summed E-state index contributed by atoms with van der Waals surface area (Å²) in [4.78, 5) is 4.11. The van der Waals surface area contributed by atoms with Crippen LogP contribution in [0.5, 0.6) is 0 Å². The summed E-state index contributed by atoms with van der Waals surface area (Å²) in [6.45, 7) is 1.89. The van der Waals surface area contributed by atoms with Gasteiger partial charge in [0.15, 0.2) is 5.82 Å². The lowest BCUT2D eigenvalue weighted by Gasteiger charge is -1.87. The molecule has 14 heavy (non-hydrogen) atoms. The molecule has 0 saturated heterocycles. The molecule has 0 radical (unpaired) electrons. The molecular formula is C8H10N4O2. The molecule has 0 aliphatic carbocycles. The van der Waals surface area contributed by atoms with Gasteiger partial charge in [-0.2, -0.15) is 10.1 Å². The van der Waals surface area contributed by atoms with E-state index in [1.165, 1.54) is 0 Å². The third-order valence-electron chi connectivity index (χ3n) is 1.86. The fourth-order valence-electron chi connectivity index (χ4n) is 1.13. The molecule has 2 rings (SSSR count). The summed E-state index contributed by atoms with van der Waals surface area (Å²) in [5, 5.41) is 19.0. The van der Waals surface area contributed by atoms with Crippen molar-refractivity contribution in [2.75, 3.05) is 6.61 Å². The molecule has 2 heterocycles. The molecule has 0 amide bonds. The maximum absolute atomic E-state index is 8.67. The van der Waals surface area contributed by atoms with Crippen molar-refractivity contribution in [1.29, 1.82) is 0 Å². The summed E-state index contributed by atoms with van der Waals surface area (Å²) >= 11 is 0. The summed E-state index contributed by atoms with van der Waals surface area (Å²) < 4.78 is 5.01. The molecule has 0 spiro atoms. The molecule has 0 aliphatic heterocycles. The van der Waals surface area contributed by atoms with Gasteiger partial charge in [0, 0.05) is 12.1 Å². The minimum absolute atomic E-state index is 0.0172. The van der Waals surface area contributed by atoms with Crippen molar-refractivity contribution < 1.29 is 9.63 Å². The van der Waals surface area contributed by atoms with Gasteiger partial charge in [0.1, 0.15) is 0 Å². The zero-order chi connectivity index (χ0) is 9.97. The van der Waals surface area contributed by atoms with Crippen molar-refractivity contribution in [3.63, 3.8) is 0 Å². The highest BCUT2D eigenvalue weighted by Crippen LogP contribution is 2.18. The molecule has 0 atom stereocenters. The van der Waals surface area contributed by atoms with Crippen molar-refractivity contribution in [3.05, 3.63) is 17.7 Å². The van der Waals surface area contributed by atoms with Gasteiger partial charge in [0.2, 0.25) is 0 Å². The summed E-state index contributed by atoms with van der Waals surface area (Å²) in [5.74, 6) is 0.933. The highest BCUT2D eigenvalue weighted by molar-refractivity contribution is 5.54. The zero-order valence-electron chi connectivity index (χ0n) is 7.69. The van der Waals surface area contributed by atoms with Crippen molar-refractivity contribution >= 4 is 0 Å². The largest absolute Gasteiger partial charge is 0.396 e. The minimum Gasteiger partial charge on any atom is -0.396 e. The molecule has 0 fully saturated rings. The number of rotatable bonds is 3. The van der Waals surface area contributed by atoms with Gasteiger partial charge in [-0.15, -0.1) is 0 Å². The van der Waals surface area contributed by atoms with E-state index in [9.17, 15) is 0 Å². The van der Waals surface area contributed by atoms with Crippen LogP contribution in [-0.2, 0) is 6.42 Å². The van der Waals surface area contributed by atoms with Gasteiger partial charge in [0.25, 0.3) is 5.89 Å². The lowest BCUT2D eigenvalue weighted by Crippen LogP contribution is -1.92. The number of aliphatic hydroxyl groups is 1. The van der Waals surface area contributed by atoms with E-state index >= 15 is 0 Å². The second-order valence-electron chi connectivity index (χ2n) is 2.90. The van der Waals surface area contributed by atoms with Crippen LogP contribution >= 0.6 is 0 Å². The van der Waals surface area contributed by atoms with Gasteiger partial charge in [0.05, 0.1) is 18.4 Å². The second kappa shape index (κ2) is 3.59. The van der Waals surface area contributed by atoms with Crippen LogP contribution in [0, 0.1) is 6.92 Å². The topological polar surface area (TPSA) is 87.8 Å². The molecular weight excluding hydrogens is 184 g/mol. The van der Waals surface area contributed by atoms with Gasteiger partial charge >= 0.3 is 0 Å². The molecule has 0 aliphatic rings. The molecule has 2 aromatic heterocycles. The van der Waals surface area contributed by atoms with Crippen LogP contribution in [0.25, 0.3) is 11.5 Å². The van der Waals surface area contributed by atoms with Crippen LogP contribution in [0.2, 0.25) is 0 Å². The summed E-state index contributed by atoms with van der Waals surface area (Å²) in [6, 6.07) is 0. The van der Waals surface area contributed by atoms with E-state index in [1.807, 2.05) is 6.92 Å². The molecule has 74 valence electrons. The number of hydrogen-bond donors (Lipinski definition) is 2. The molecule has 6 nitrogen and oxygen atoms in total. The Kier molecular flexibility index (Phi) is 2.28. The normalized spacial score (nSPS) is 10.7. The number of aryl methyl sites for hydroxylation is 1. The van der Waals surface area contributed by atoms with Gasteiger partial charge in [-0.25, -0.2) is 0 Å². The predicted molar refractivity (Wildman–Crippen MR) is 47.4 cm³/mol. The van der Waals surface area contributed by atoms with Crippen molar-refractivity contribution in [2.24, 2.45) is 0 Å².